The van der Waals surface area contributed by atoms with Crippen molar-refractivity contribution in [2.24, 2.45) is 5.73 Å². The molecular formula is C9H13N3O. The highest BCUT2D eigenvalue weighted by molar-refractivity contribution is 5.17. The van der Waals surface area contributed by atoms with Gasteiger partial charge in [-0.2, -0.15) is 0 Å². The molecule has 0 aromatic carbocycles. The van der Waals surface area contributed by atoms with E-state index in [0.29, 0.717) is 0 Å². The first-order chi connectivity index (χ1) is 6.31. The van der Waals surface area contributed by atoms with Crippen LogP contribution in [0, 0.1) is 0 Å². The van der Waals surface area contributed by atoms with E-state index in [-0.39, 0.29) is 5.54 Å². The molecule has 13 heavy (non-hydrogen) atoms. The SMILES string of the molecule is NC1(c2cncnc2)CCOCC1. The van der Waals surface area contributed by atoms with Crippen molar-refractivity contribution in [3.05, 3.63) is 24.3 Å². The summed E-state index contributed by atoms with van der Waals surface area (Å²) in [4.78, 5) is 7.95. The first-order valence-electron chi connectivity index (χ1n) is 4.43. The monoisotopic (exact) mass is 179 g/mol. The first-order valence-corrected chi connectivity index (χ1v) is 4.43. The maximum absolute atomic E-state index is 6.22. The normalized spacial score (nSPS) is 21.3. The maximum Gasteiger partial charge on any atom is 0.115 e. The van der Waals surface area contributed by atoms with E-state index in [1.165, 1.54) is 6.33 Å². The van der Waals surface area contributed by atoms with Crippen molar-refractivity contribution >= 4 is 0 Å². The Kier molecular flexibility index (Phi) is 2.24. The third-order valence-electron chi connectivity index (χ3n) is 2.52. The molecular weight excluding hydrogens is 166 g/mol. The van der Waals surface area contributed by atoms with Crippen molar-refractivity contribution in [3.63, 3.8) is 0 Å². The van der Waals surface area contributed by atoms with E-state index < -0.39 is 0 Å². The van der Waals surface area contributed by atoms with E-state index in [1.54, 1.807) is 12.4 Å². The number of aromatic nitrogens is 2. The molecule has 1 aliphatic heterocycles. The molecule has 0 spiro atoms. The van der Waals surface area contributed by atoms with Crippen molar-refractivity contribution in [2.75, 3.05) is 13.2 Å². The average molecular weight is 179 g/mol. The van der Waals surface area contributed by atoms with Gasteiger partial charge in [0.15, 0.2) is 0 Å². The van der Waals surface area contributed by atoms with Crippen LogP contribution in [0.2, 0.25) is 0 Å². The zero-order chi connectivity index (χ0) is 9.15. The van der Waals surface area contributed by atoms with Crippen LogP contribution in [0.25, 0.3) is 0 Å². The minimum absolute atomic E-state index is 0.278. The zero-order valence-corrected chi connectivity index (χ0v) is 7.44. The van der Waals surface area contributed by atoms with Crippen LogP contribution < -0.4 is 5.73 Å². The van der Waals surface area contributed by atoms with Gasteiger partial charge < -0.3 is 10.5 Å². The molecule has 1 saturated heterocycles. The molecule has 1 fully saturated rings. The summed E-state index contributed by atoms with van der Waals surface area (Å²) in [6.45, 7) is 1.46. The summed E-state index contributed by atoms with van der Waals surface area (Å²) in [6, 6.07) is 0. The van der Waals surface area contributed by atoms with Gasteiger partial charge >= 0.3 is 0 Å². The van der Waals surface area contributed by atoms with E-state index >= 15 is 0 Å². The van der Waals surface area contributed by atoms with Crippen LogP contribution in [0.15, 0.2) is 18.7 Å². The van der Waals surface area contributed by atoms with Crippen LogP contribution in [0.3, 0.4) is 0 Å². The van der Waals surface area contributed by atoms with Crippen LogP contribution >= 0.6 is 0 Å². The Hall–Kier alpha value is -1.00. The molecule has 0 saturated carbocycles. The summed E-state index contributed by atoms with van der Waals surface area (Å²) in [7, 11) is 0. The summed E-state index contributed by atoms with van der Waals surface area (Å²) in [5.74, 6) is 0. The quantitative estimate of drug-likeness (QED) is 0.679. The smallest absolute Gasteiger partial charge is 0.115 e. The van der Waals surface area contributed by atoms with Crippen molar-refractivity contribution in [2.45, 2.75) is 18.4 Å². The van der Waals surface area contributed by atoms with E-state index in [2.05, 4.69) is 9.97 Å². The van der Waals surface area contributed by atoms with Gasteiger partial charge in [-0.3, -0.25) is 0 Å². The molecule has 0 aliphatic carbocycles. The second-order valence-electron chi connectivity index (χ2n) is 3.40. The van der Waals surface area contributed by atoms with Crippen molar-refractivity contribution in [1.29, 1.82) is 0 Å². The topological polar surface area (TPSA) is 61.0 Å². The van der Waals surface area contributed by atoms with E-state index in [0.717, 1.165) is 31.6 Å². The second kappa shape index (κ2) is 3.40. The fourth-order valence-electron chi connectivity index (χ4n) is 1.58. The van der Waals surface area contributed by atoms with Crippen LogP contribution in [0.4, 0.5) is 0 Å². The number of nitrogens with zero attached hydrogens (tertiary/aromatic N) is 2. The molecule has 70 valence electrons. The number of rotatable bonds is 1. The molecule has 1 aromatic rings. The fraction of sp³-hybridized carbons (Fsp3) is 0.556. The van der Waals surface area contributed by atoms with Gasteiger partial charge in [-0.15, -0.1) is 0 Å². The average Bonchev–Trinajstić information content (AvgIpc) is 2.20. The maximum atomic E-state index is 6.22. The van der Waals surface area contributed by atoms with Crippen molar-refractivity contribution < 1.29 is 4.74 Å². The van der Waals surface area contributed by atoms with E-state index in [1.807, 2.05) is 0 Å². The molecule has 2 heterocycles. The molecule has 2 N–H and O–H groups in total. The highest BCUT2D eigenvalue weighted by Crippen LogP contribution is 2.27. The molecule has 0 unspecified atom stereocenters. The van der Waals surface area contributed by atoms with Gasteiger partial charge in [-0.1, -0.05) is 0 Å². The van der Waals surface area contributed by atoms with Crippen molar-refractivity contribution in [3.8, 4) is 0 Å². The summed E-state index contributed by atoms with van der Waals surface area (Å²) in [5.41, 5.74) is 6.95. The highest BCUT2D eigenvalue weighted by atomic mass is 16.5. The molecule has 4 heteroatoms. The summed E-state index contributed by atoms with van der Waals surface area (Å²) < 4.78 is 5.27. The van der Waals surface area contributed by atoms with Gasteiger partial charge in [0.2, 0.25) is 0 Å². The Labute approximate surface area is 77.1 Å². The lowest BCUT2D eigenvalue weighted by Crippen LogP contribution is -2.42. The van der Waals surface area contributed by atoms with Crippen molar-refractivity contribution in [1.82, 2.24) is 9.97 Å². The standard InChI is InChI=1S/C9H13N3O/c10-9(1-3-13-4-2-9)8-5-11-7-12-6-8/h5-7H,1-4,10H2. The lowest BCUT2D eigenvalue weighted by atomic mass is 9.85. The van der Waals surface area contributed by atoms with Crippen LogP contribution in [-0.2, 0) is 10.3 Å². The fourth-order valence-corrected chi connectivity index (χ4v) is 1.58. The Balaban J connectivity index is 2.23. The predicted octanol–water partition coefficient (Wildman–Crippen LogP) is 0.441. The van der Waals surface area contributed by atoms with Gasteiger partial charge in [0.1, 0.15) is 6.33 Å². The molecule has 0 bridgehead atoms. The number of nitrogens with two attached hydrogens (primary N) is 1. The molecule has 0 atom stereocenters. The molecule has 4 nitrogen and oxygen atoms in total. The van der Waals surface area contributed by atoms with E-state index in [4.69, 9.17) is 10.5 Å². The van der Waals surface area contributed by atoms with Gasteiger partial charge in [0.05, 0.1) is 0 Å². The minimum atomic E-state index is -0.278. The predicted molar refractivity (Wildman–Crippen MR) is 48.0 cm³/mol. The zero-order valence-electron chi connectivity index (χ0n) is 7.44. The minimum Gasteiger partial charge on any atom is -0.381 e. The van der Waals surface area contributed by atoms with Gasteiger partial charge in [-0.25, -0.2) is 9.97 Å². The molecule has 1 aromatic heterocycles. The molecule has 0 radical (unpaired) electrons. The Morgan fingerprint density at radius 2 is 1.85 bits per heavy atom. The van der Waals surface area contributed by atoms with Gasteiger partial charge in [0.25, 0.3) is 0 Å². The second-order valence-corrected chi connectivity index (χ2v) is 3.40. The number of hydrogen-bond acceptors (Lipinski definition) is 4. The largest absolute Gasteiger partial charge is 0.381 e. The van der Waals surface area contributed by atoms with E-state index in [9.17, 15) is 0 Å². The first kappa shape index (κ1) is 8.59. The van der Waals surface area contributed by atoms with Gasteiger partial charge in [-0.05, 0) is 12.8 Å². The molecule has 0 amide bonds. The summed E-state index contributed by atoms with van der Waals surface area (Å²) >= 11 is 0. The third kappa shape index (κ3) is 1.68. The lowest BCUT2D eigenvalue weighted by molar-refractivity contribution is 0.0520. The molecule has 1 aliphatic rings. The van der Waals surface area contributed by atoms with Crippen LogP contribution in [0.5, 0.6) is 0 Å². The Morgan fingerprint density at radius 3 is 2.46 bits per heavy atom. The molecule has 2 rings (SSSR count). The Morgan fingerprint density at radius 1 is 1.23 bits per heavy atom. The number of hydrogen-bond donors (Lipinski definition) is 1. The Bertz CT molecular complexity index is 269. The summed E-state index contributed by atoms with van der Waals surface area (Å²) in [6.07, 6.45) is 6.80. The van der Waals surface area contributed by atoms with Crippen LogP contribution in [-0.4, -0.2) is 23.2 Å². The van der Waals surface area contributed by atoms with Crippen LogP contribution in [0.1, 0.15) is 18.4 Å². The lowest BCUT2D eigenvalue weighted by Gasteiger charge is -2.33. The third-order valence-corrected chi connectivity index (χ3v) is 2.52. The summed E-state index contributed by atoms with van der Waals surface area (Å²) in [5, 5.41) is 0. The van der Waals surface area contributed by atoms with Gasteiger partial charge in [0, 0.05) is 36.7 Å². The number of ether oxygens (including phenoxy) is 1. The highest BCUT2D eigenvalue weighted by Gasteiger charge is 2.30.